The summed E-state index contributed by atoms with van der Waals surface area (Å²) in [5, 5.41) is 4.72. The van der Waals surface area contributed by atoms with Gasteiger partial charge in [0.2, 0.25) is 0 Å². The number of aromatic nitrogens is 4. The number of benzene rings is 2. The van der Waals surface area contributed by atoms with Crippen LogP contribution in [0.5, 0.6) is 0 Å². The van der Waals surface area contributed by atoms with Crippen LogP contribution >= 0.6 is 0 Å². The van der Waals surface area contributed by atoms with Gasteiger partial charge in [0.15, 0.2) is 0 Å². The highest BCUT2D eigenvalue weighted by Gasteiger charge is 2.35. The van der Waals surface area contributed by atoms with Crippen LogP contribution in [-0.2, 0) is 5.54 Å². The lowest BCUT2D eigenvalue weighted by atomic mass is 9.72. The molecule has 0 radical (unpaired) electrons. The number of anilines is 1. The highest BCUT2D eigenvalue weighted by atomic mass is 15.4. The highest BCUT2D eigenvalue weighted by molar-refractivity contribution is 5.90. The lowest BCUT2D eigenvalue weighted by Crippen LogP contribution is -2.43. The molecule has 0 amide bonds. The third-order valence-electron chi connectivity index (χ3n) is 7.04. The van der Waals surface area contributed by atoms with Gasteiger partial charge >= 0.3 is 0 Å². The molecule has 6 nitrogen and oxygen atoms in total. The van der Waals surface area contributed by atoms with E-state index in [0.29, 0.717) is 11.8 Å². The van der Waals surface area contributed by atoms with Gasteiger partial charge in [0.05, 0.1) is 11.3 Å². The zero-order valence-electron chi connectivity index (χ0n) is 18.6. The minimum atomic E-state index is -0.167. The number of nitrogens with two attached hydrogens (primary N) is 1. The number of hydrogen-bond donors (Lipinski definition) is 1. The standard InChI is InChI=1S/C26H28N6/c1-17-28-25-29-23(19-9-11-20(12-10-19)26(27)15-6-16-26)22(18-7-4-3-5-8-18)24(32(25)30-17)31(2)21-13-14-21/h3-5,7-12,21H,6,13-16,27H2,1-2H3. The van der Waals surface area contributed by atoms with Crippen molar-refractivity contribution in [2.24, 2.45) is 5.73 Å². The van der Waals surface area contributed by atoms with Gasteiger partial charge in [-0.1, -0.05) is 54.6 Å². The first-order valence-electron chi connectivity index (χ1n) is 11.5. The van der Waals surface area contributed by atoms with Gasteiger partial charge in [0.25, 0.3) is 5.78 Å². The summed E-state index contributed by atoms with van der Waals surface area (Å²) in [6, 6.07) is 19.7. The Labute approximate surface area is 188 Å². The zero-order chi connectivity index (χ0) is 21.9. The molecule has 0 saturated heterocycles. The first-order valence-corrected chi connectivity index (χ1v) is 11.5. The first kappa shape index (κ1) is 19.4. The molecule has 6 rings (SSSR count). The first-order chi connectivity index (χ1) is 15.5. The predicted octanol–water partition coefficient (Wildman–Crippen LogP) is 4.70. The SMILES string of the molecule is Cc1nc2nc(-c3ccc(C4(N)CCC4)cc3)c(-c3ccccc3)c(N(C)C3CC3)n2n1. The van der Waals surface area contributed by atoms with Gasteiger partial charge in [0.1, 0.15) is 11.6 Å². The molecule has 4 aromatic rings. The lowest BCUT2D eigenvalue weighted by molar-refractivity contribution is 0.253. The second-order valence-electron chi connectivity index (χ2n) is 9.32. The van der Waals surface area contributed by atoms with Crippen molar-refractivity contribution in [2.45, 2.75) is 50.6 Å². The largest absolute Gasteiger partial charge is 0.356 e. The molecule has 6 heteroatoms. The Morgan fingerprint density at radius 1 is 0.969 bits per heavy atom. The van der Waals surface area contributed by atoms with Crippen LogP contribution in [0.3, 0.4) is 0 Å². The topological polar surface area (TPSA) is 72.3 Å². The van der Waals surface area contributed by atoms with Crippen molar-refractivity contribution in [3.63, 3.8) is 0 Å². The fourth-order valence-electron chi connectivity index (χ4n) is 4.83. The Kier molecular flexibility index (Phi) is 4.33. The van der Waals surface area contributed by atoms with Crippen molar-refractivity contribution < 1.29 is 0 Å². The molecule has 162 valence electrons. The van der Waals surface area contributed by atoms with Crippen LogP contribution in [0.2, 0.25) is 0 Å². The summed E-state index contributed by atoms with van der Waals surface area (Å²) >= 11 is 0. The van der Waals surface area contributed by atoms with Crippen LogP contribution in [0.15, 0.2) is 54.6 Å². The van der Waals surface area contributed by atoms with E-state index in [4.69, 9.17) is 15.8 Å². The van der Waals surface area contributed by atoms with E-state index in [1.165, 1.54) is 24.8 Å². The van der Waals surface area contributed by atoms with Crippen LogP contribution < -0.4 is 10.6 Å². The summed E-state index contributed by atoms with van der Waals surface area (Å²) in [6.07, 6.45) is 5.72. The van der Waals surface area contributed by atoms with Crippen LogP contribution in [0.4, 0.5) is 5.82 Å². The maximum absolute atomic E-state index is 6.57. The summed E-state index contributed by atoms with van der Waals surface area (Å²) in [5.41, 5.74) is 11.8. The van der Waals surface area contributed by atoms with Crippen LogP contribution in [0, 0.1) is 6.92 Å². The summed E-state index contributed by atoms with van der Waals surface area (Å²) in [7, 11) is 2.16. The Morgan fingerprint density at radius 3 is 2.31 bits per heavy atom. The minimum Gasteiger partial charge on any atom is -0.356 e. The summed E-state index contributed by atoms with van der Waals surface area (Å²) < 4.78 is 1.91. The Hall–Kier alpha value is -3.25. The van der Waals surface area contributed by atoms with E-state index in [1.54, 1.807) is 0 Å². The van der Waals surface area contributed by atoms with Gasteiger partial charge in [-0.25, -0.2) is 4.98 Å². The molecule has 2 heterocycles. The molecular formula is C26H28N6. The fourth-order valence-corrected chi connectivity index (χ4v) is 4.83. The second kappa shape index (κ2) is 7.14. The second-order valence-corrected chi connectivity index (χ2v) is 9.32. The molecule has 32 heavy (non-hydrogen) atoms. The van der Waals surface area contributed by atoms with Crippen LogP contribution in [0.1, 0.15) is 43.5 Å². The fraction of sp³-hybridized carbons (Fsp3) is 0.346. The lowest BCUT2D eigenvalue weighted by Gasteiger charge is -2.38. The maximum Gasteiger partial charge on any atom is 0.254 e. The van der Waals surface area contributed by atoms with E-state index < -0.39 is 0 Å². The van der Waals surface area contributed by atoms with Gasteiger partial charge in [-0.3, -0.25) is 0 Å². The van der Waals surface area contributed by atoms with Crippen molar-refractivity contribution in [1.82, 2.24) is 19.6 Å². The van der Waals surface area contributed by atoms with E-state index in [9.17, 15) is 0 Å². The third kappa shape index (κ3) is 3.09. The van der Waals surface area contributed by atoms with Crippen molar-refractivity contribution in [3.8, 4) is 22.4 Å². The van der Waals surface area contributed by atoms with Gasteiger partial charge in [-0.15, -0.1) is 5.10 Å². The average molecular weight is 425 g/mol. The van der Waals surface area contributed by atoms with E-state index in [0.717, 1.165) is 46.9 Å². The molecule has 0 atom stereocenters. The number of rotatable bonds is 5. The maximum atomic E-state index is 6.57. The third-order valence-corrected chi connectivity index (χ3v) is 7.04. The molecule has 2 aliphatic carbocycles. The number of fused-ring (bicyclic) bond motifs is 1. The quantitative estimate of drug-likeness (QED) is 0.503. The Balaban J connectivity index is 1.60. The smallest absolute Gasteiger partial charge is 0.254 e. The molecule has 0 bridgehead atoms. The molecule has 0 unspecified atom stereocenters. The molecule has 2 aromatic carbocycles. The van der Waals surface area contributed by atoms with Crippen LogP contribution in [0.25, 0.3) is 28.2 Å². The Morgan fingerprint density at radius 2 is 1.69 bits per heavy atom. The molecule has 2 fully saturated rings. The monoisotopic (exact) mass is 424 g/mol. The number of aryl methyl sites for hydroxylation is 1. The van der Waals surface area contributed by atoms with Crippen molar-refractivity contribution in [1.29, 1.82) is 0 Å². The number of hydrogen-bond acceptors (Lipinski definition) is 5. The molecule has 0 aliphatic heterocycles. The van der Waals surface area contributed by atoms with E-state index >= 15 is 0 Å². The van der Waals surface area contributed by atoms with Crippen molar-refractivity contribution in [2.75, 3.05) is 11.9 Å². The van der Waals surface area contributed by atoms with E-state index in [2.05, 4.69) is 65.5 Å². The highest BCUT2D eigenvalue weighted by Crippen LogP contribution is 2.43. The molecule has 2 aromatic heterocycles. The van der Waals surface area contributed by atoms with Gasteiger partial charge in [-0.05, 0) is 50.2 Å². The van der Waals surface area contributed by atoms with E-state index in [-0.39, 0.29) is 5.54 Å². The van der Waals surface area contributed by atoms with Crippen molar-refractivity contribution in [3.05, 3.63) is 66.0 Å². The molecule has 0 spiro atoms. The number of nitrogens with zero attached hydrogens (tertiary/aromatic N) is 5. The summed E-state index contributed by atoms with van der Waals surface area (Å²) in [6.45, 7) is 1.92. The van der Waals surface area contributed by atoms with Gasteiger partial charge < -0.3 is 10.6 Å². The molecular weight excluding hydrogens is 396 g/mol. The Bertz CT molecular complexity index is 1280. The average Bonchev–Trinajstić information content (AvgIpc) is 3.57. The summed E-state index contributed by atoms with van der Waals surface area (Å²) in [4.78, 5) is 12.0. The van der Waals surface area contributed by atoms with Crippen LogP contribution in [-0.4, -0.2) is 32.7 Å². The zero-order valence-corrected chi connectivity index (χ0v) is 18.6. The normalized spacial score (nSPS) is 17.3. The van der Waals surface area contributed by atoms with Gasteiger partial charge in [-0.2, -0.15) is 9.50 Å². The predicted molar refractivity (Wildman–Crippen MR) is 128 cm³/mol. The van der Waals surface area contributed by atoms with E-state index in [1.807, 2.05) is 17.5 Å². The molecule has 2 saturated carbocycles. The molecule has 2 N–H and O–H groups in total. The van der Waals surface area contributed by atoms with Crippen molar-refractivity contribution >= 4 is 11.6 Å². The molecule has 2 aliphatic rings. The minimum absolute atomic E-state index is 0.167. The summed E-state index contributed by atoms with van der Waals surface area (Å²) in [5.74, 6) is 2.42. The van der Waals surface area contributed by atoms with Gasteiger partial charge in [0, 0.05) is 24.2 Å².